The van der Waals surface area contributed by atoms with Crippen LogP contribution < -0.4 is 5.32 Å². The highest BCUT2D eigenvalue weighted by atomic mass is 32.2. The normalized spacial score (nSPS) is 14.8. The van der Waals surface area contributed by atoms with Gasteiger partial charge in [-0.15, -0.1) is 0 Å². The van der Waals surface area contributed by atoms with E-state index in [1.807, 2.05) is 29.1 Å². The van der Waals surface area contributed by atoms with E-state index in [-0.39, 0.29) is 12.1 Å². The monoisotopic (exact) mass is 307 g/mol. The third-order valence-electron chi connectivity index (χ3n) is 3.65. The molecule has 0 fully saturated rings. The van der Waals surface area contributed by atoms with Crippen molar-refractivity contribution in [1.82, 2.24) is 15.1 Å². The van der Waals surface area contributed by atoms with Gasteiger partial charge in [0.25, 0.3) is 0 Å². The molecule has 0 aliphatic carbocycles. The van der Waals surface area contributed by atoms with Crippen molar-refractivity contribution in [2.75, 3.05) is 6.26 Å². The molecule has 0 aliphatic rings. The van der Waals surface area contributed by atoms with Crippen LogP contribution in [0.25, 0.3) is 0 Å². The first kappa shape index (κ1) is 15.7. The summed E-state index contributed by atoms with van der Waals surface area (Å²) in [5, 5.41) is 7.68. The van der Waals surface area contributed by atoms with Gasteiger partial charge in [0.1, 0.15) is 0 Å². The minimum Gasteiger partial charge on any atom is -0.308 e. The Bertz CT molecular complexity index is 663. The van der Waals surface area contributed by atoms with Crippen molar-refractivity contribution >= 4 is 9.84 Å². The van der Waals surface area contributed by atoms with Gasteiger partial charge in [-0.1, -0.05) is 12.1 Å². The number of sulfone groups is 1. The first-order chi connectivity index (χ1) is 9.88. The molecule has 2 rings (SSSR count). The number of aromatic nitrogens is 2. The Morgan fingerprint density at radius 2 is 1.90 bits per heavy atom. The first-order valence-corrected chi connectivity index (χ1v) is 8.78. The van der Waals surface area contributed by atoms with Crippen LogP contribution in [-0.4, -0.2) is 30.5 Å². The van der Waals surface area contributed by atoms with Crippen molar-refractivity contribution < 1.29 is 8.42 Å². The maximum atomic E-state index is 11.4. The fraction of sp³-hybridized carbons (Fsp3) is 0.400. The largest absolute Gasteiger partial charge is 0.308 e. The number of nitrogens with zero attached hydrogens (tertiary/aromatic N) is 2. The highest BCUT2D eigenvalue weighted by Crippen LogP contribution is 2.12. The van der Waals surface area contributed by atoms with E-state index in [9.17, 15) is 8.42 Å². The fourth-order valence-electron chi connectivity index (χ4n) is 2.05. The maximum Gasteiger partial charge on any atom is 0.175 e. The second-order valence-corrected chi connectivity index (χ2v) is 7.33. The quantitative estimate of drug-likeness (QED) is 0.887. The van der Waals surface area contributed by atoms with Gasteiger partial charge in [0.05, 0.1) is 10.9 Å². The van der Waals surface area contributed by atoms with Crippen LogP contribution in [0.3, 0.4) is 0 Å². The summed E-state index contributed by atoms with van der Waals surface area (Å²) >= 11 is 0. The summed E-state index contributed by atoms with van der Waals surface area (Å²) in [5.41, 5.74) is 1.06. The molecule has 2 atom stereocenters. The lowest BCUT2D eigenvalue weighted by Crippen LogP contribution is -2.33. The molecule has 1 heterocycles. The molecule has 0 bridgehead atoms. The molecular formula is C15H21N3O2S. The van der Waals surface area contributed by atoms with Gasteiger partial charge < -0.3 is 5.32 Å². The van der Waals surface area contributed by atoms with Crippen molar-refractivity contribution in [3.8, 4) is 0 Å². The lowest BCUT2D eigenvalue weighted by atomic mass is 10.1. The molecule has 0 spiro atoms. The molecule has 0 aliphatic heterocycles. The number of nitrogens with one attached hydrogen (secondary N) is 1. The Morgan fingerprint density at radius 3 is 2.43 bits per heavy atom. The van der Waals surface area contributed by atoms with Crippen molar-refractivity contribution in [2.45, 2.75) is 37.4 Å². The van der Waals surface area contributed by atoms with Crippen LogP contribution in [-0.2, 0) is 16.4 Å². The molecule has 0 amide bonds. The number of benzene rings is 1. The maximum absolute atomic E-state index is 11.4. The second-order valence-electron chi connectivity index (χ2n) is 5.31. The molecule has 0 saturated carbocycles. The Morgan fingerprint density at radius 1 is 1.24 bits per heavy atom. The van der Waals surface area contributed by atoms with Crippen LogP contribution in [0.4, 0.5) is 0 Å². The van der Waals surface area contributed by atoms with Gasteiger partial charge in [0.2, 0.25) is 0 Å². The summed E-state index contributed by atoms with van der Waals surface area (Å²) in [6.45, 7) is 4.91. The third-order valence-corrected chi connectivity index (χ3v) is 4.77. The molecule has 21 heavy (non-hydrogen) atoms. The number of rotatable bonds is 6. The topological polar surface area (TPSA) is 64.0 Å². The second kappa shape index (κ2) is 6.41. The van der Waals surface area contributed by atoms with Gasteiger partial charge in [0, 0.05) is 31.2 Å². The average Bonchev–Trinajstić information content (AvgIpc) is 2.97. The van der Waals surface area contributed by atoms with Gasteiger partial charge >= 0.3 is 0 Å². The summed E-state index contributed by atoms with van der Waals surface area (Å²) in [6.07, 6.45) is 4.94. The SMILES string of the molecule is C[C@H](NCc1ccc(S(C)(=O)=O)cc1)[C@@H](C)n1cccn1. The van der Waals surface area contributed by atoms with Gasteiger partial charge in [-0.05, 0) is 37.6 Å². The lowest BCUT2D eigenvalue weighted by molar-refractivity contribution is 0.365. The molecule has 5 nitrogen and oxygen atoms in total. The van der Waals surface area contributed by atoms with Gasteiger partial charge in [0.15, 0.2) is 9.84 Å². The summed E-state index contributed by atoms with van der Waals surface area (Å²) in [5.74, 6) is 0. The van der Waals surface area contributed by atoms with Crippen LogP contribution in [0.5, 0.6) is 0 Å². The summed E-state index contributed by atoms with van der Waals surface area (Å²) in [6, 6.07) is 9.38. The van der Waals surface area contributed by atoms with Gasteiger partial charge in [-0.3, -0.25) is 4.68 Å². The Kier molecular flexibility index (Phi) is 4.80. The predicted octanol–water partition coefficient (Wildman–Crippen LogP) is 2.03. The van der Waals surface area contributed by atoms with Crippen molar-refractivity contribution in [3.05, 3.63) is 48.3 Å². The Balaban J connectivity index is 1.94. The van der Waals surface area contributed by atoms with E-state index in [1.165, 1.54) is 6.26 Å². The van der Waals surface area contributed by atoms with E-state index in [4.69, 9.17) is 0 Å². The molecule has 0 radical (unpaired) electrons. The molecule has 1 aromatic carbocycles. The summed E-state index contributed by atoms with van der Waals surface area (Å²) in [7, 11) is -3.13. The average molecular weight is 307 g/mol. The Labute approximate surface area is 125 Å². The zero-order valence-electron chi connectivity index (χ0n) is 12.5. The van der Waals surface area contributed by atoms with Crippen LogP contribution in [0.15, 0.2) is 47.6 Å². The van der Waals surface area contributed by atoms with Crippen LogP contribution >= 0.6 is 0 Å². The van der Waals surface area contributed by atoms with E-state index < -0.39 is 9.84 Å². The standard InChI is InChI=1S/C15H21N3O2S/c1-12(13(2)18-10-4-9-17-18)16-11-14-5-7-15(8-6-14)21(3,19)20/h4-10,12-13,16H,11H2,1-3H3/t12-,13+/m0/s1. The highest BCUT2D eigenvalue weighted by Gasteiger charge is 2.13. The zero-order valence-corrected chi connectivity index (χ0v) is 13.3. The van der Waals surface area contributed by atoms with Crippen molar-refractivity contribution in [1.29, 1.82) is 0 Å². The van der Waals surface area contributed by atoms with Gasteiger partial charge in [-0.25, -0.2) is 8.42 Å². The van der Waals surface area contributed by atoms with E-state index >= 15 is 0 Å². The molecule has 6 heteroatoms. The molecule has 0 saturated heterocycles. The molecule has 2 aromatic rings. The van der Waals surface area contributed by atoms with E-state index in [0.717, 1.165) is 5.56 Å². The van der Waals surface area contributed by atoms with E-state index in [2.05, 4.69) is 24.3 Å². The minimum absolute atomic E-state index is 0.246. The molecule has 1 N–H and O–H groups in total. The Hall–Kier alpha value is -1.66. The molecular weight excluding hydrogens is 286 g/mol. The lowest BCUT2D eigenvalue weighted by Gasteiger charge is -2.21. The van der Waals surface area contributed by atoms with E-state index in [1.54, 1.807) is 18.3 Å². The summed E-state index contributed by atoms with van der Waals surface area (Å²) in [4.78, 5) is 0.351. The van der Waals surface area contributed by atoms with E-state index in [0.29, 0.717) is 11.4 Å². The van der Waals surface area contributed by atoms with Crippen molar-refractivity contribution in [2.24, 2.45) is 0 Å². The predicted molar refractivity (Wildman–Crippen MR) is 82.8 cm³/mol. The molecule has 114 valence electrons. The minimum atomic E-state index is -3.13. The van der Waals surface area contributed by atoms with Gasteiger partial charge in [-0.2, -0.15) is 5.10 Å². The first-order valence-electron chi connectivity index (χ1n) is 6.89. The van der Waals surface area contributed by atoms with Crippen molar-refractivity contribution in [3.63, 3.8) is 0 Å². The van der Waals surface area contributed by atoms with Crippen LogP contribution in [0.1, 0.15) is 25.5 Å². The fourth-order valence-corrected chi connectivity index (χ4v) is 2.69. The van der Waals surface area contributed by atoms with Crippen LogP contribution in [0.2, 0.25) is 0 Å². The number of hydrogen-bond donors (Lipinski definition) is 1. The summed E-state index contributed by atoms with van der Waals surface area (Å²) < 4.78 is 24.7. The molecule has 0 unspecified atom stereocenters. The molecule has 1 aromatic heterocycles. The van der Waals surface area contributed by atoms with Crippen LogP contribution in [0, 0.1) is 0 Å². The highest BCUT2D eigenvalue weighted by molar-refractivity contribution is 7.90. The zero-order chi connectivity index (χ0) is 15.5. The number of hydrogen-bond acceptors (Lipinski definition) is 4. The smallest absolute Gasteiger partial charge is 0.175 e. The third kappa shape index (κ3) is 4.15.